The van der Waals surface area contributed by atoms with Crippen LogP contribution in [0.3, 0.4) is 0 Å². The number of nitrogens with zero attached hydrogens (tertiary/aromatic N) is 1. The van der Waals surface area contributed by atoms with E-state index in [9.17, 15) is 21.6 Å². The highest BCUT2D eigenvalue weighted by atomic mass is 32.2. The summed E-state index contributed by atoms with van der Waals surface area (Å²) < 4.78 is 63.3. The molecule has 0 saturated carbocycles. The van der Waals surface area contributed by atoms with Gasteiger partial charge in [0, 0.05) is 17.8 Å². The van der Waals surface area contributed by atoms with Gasteiger partial charge >= 0.3 is 0 Å². The summed E-state index contributed by atoms with van der Waals surface area (Å²) in [5, 5.41) is 8.79. The fourth-order valence-electron chi connectivity index (χ4n) is 1.66. The first-order chi connectivity index (χ1) is 9.20. The molecule has 0 heterocycles. The first-order valence-corrected chi connectivity index (χ1v) is 7.09. The largest absolute Gasteiger partial charge is 0.399 e. The van der Waals surface area contributed by atoms with Gasteiger partial charge in [-0.05, 0) is 19.1 Å². The maximum Gasteiger partial charge on any atom is 0.252 e. The van der Waals surface area contributed by atoms with E-state index in [1.54, 1.807) is 0 Å². The average Bonchev–Trinajstić information content (AvgIpc) is 2.32. The summed E-state index contributed by atoms with van der Waals surface area (Å²) >= 11 is 0. The van der Waals surface area contributed by atoms with E-state index in [0.717, 1.165) is 12.1 Å². The van der Waals surface area contributed by atoms with E-state index >= 15 is 0 Å². The van der Waals surface area contributed by atoms with Crippen molar-refractivity contribution < 1.29 is 26.7 Å². The monoisotopic (exact) mass is 312 g/mol. The van der Waals surface area contributed by atoms with Gasteiger partial charge in [0.2, 0.25) is 10.0 Å². The molecule has 3 N–H and O–H groups in total. The number of benzene rings is 1. The molecule has 0 atom stereocenters. The number of nitrogens with two attached hydrogens (primary N) is 1. The highest BCUT2D eigenvalue weighted by Crippen LogP contribution is 2.25. The molecule has 114 valence electrons. The van der Waals surface area contributed by atoms with Gasteiger partial charge in [-0.25, -0.2) is 21.6 Å². The Balaban J connectivity index is 3.33. The van der Waals surface area contributed by atoms with Crippen molar-refractivity contribution in [3.63, 3.8) is 0 Å². The SMILES string of the molecule is Cc1c(F)cc(N)cc1S(=O)(=O)N(CCO)CC(F)F. The van der Waals surface area contributed by atoms with Gasteiger partial charge in [-0.1, -0.05) is 0 Å². The lowest BCUT2D eigenvalue weighted by molar-refractivity contribution is 0.113. The van der Waals surface area contributed by atoms with Crippen molar-refractivity contribution in [2.75, 3.05) is 25.4 Å². The van der Waals surface area contributed by atoms with Gasteiger partial charge in [0.1, 0.15) is 5.82 Å². The van der Waals surface area contributed by atoms with Crippen LogP contribution in [-0.2, 0) is 10.0 Å². The fraction of sp³-hybridized carbons (Fsp3) is 0.455. The van der Waals surface area contributed by atoms with E-state index in [1.165, 1.54) is 6.92 Å². The van der Waals surface area contributed by atoms with Crippen molar-refractivity contribution in [2.24, 2.45) is 0 Å². The van der Waals surface area contributed by atoms with Crippen LogP contribution in [0.5, 0.6) is 0 Å². The Bertz CT molecular complexity index is 579. The molecule has 0 amide bonds. The third-order valence-corrected chi connectivity index (χ3v) is 4.62. The molecule has 0 aliphatic rings. The number of hydrogen-bond donors (Lipinski definition) is 2. The summed E-state index contributed by atoms with van der Waals surface area (Å²) in [5.41, 5.74) is 5.04. The number of anilines is 1. The Labute approximate surface area is 114 Å². The second-order valence-electron chi connectivity index (χ2n) is 4.10. The predicted molar refractivity (Wildman–Crippen MR) is 67.4 cm³/mol. The number of hydrogen-bond acceptors (Lipinski definition) is 4. The van der Waals surface area contributed by atoms with Gasteiger partial charge < -0.3 is 10.8 Å². The highest BCUT2D eigenvalue weighted by Gasteiger charge is 2.29. The number of nitrogen functional groups attached to an aromatic ring is 1. The van der Waals surface area contributed by atoms with Crippen molar-refractivity contribution in [3.8, 4) is 0 Å². The number of alkyl halides is 2. The molecule has 0 unspecified atom stereocenters. The third-order valence-electron chi connectivity index (χ3n) is 2.63. The molecule has 0 radical (unpaired) electrons. The molecule has 0 bridgehead atoms. The first-order valence-electron chi connectivity index (χ1n) is 5.65. The lowest BCUT2D eigenvalue weighted by Crippen LogP contribution is -2.37. The summed E-state index contributed by atoms with van der Waals surface area (Å²) in [7, 11) is -4.36. The number of halogens is 3. The van der Waals surface area contributed by atoms with Crippen LogP contribution < -0.4 is 5.73 Å². The minimum atomic E-state index is -4.36. The molecule has 0 spiro atoms. The standard InChI is InChI=1S/C11H15F3N2O3S/c1-7-9(12)4-8(15)5-10(7)20(18,19)16(2-3-17)6-11(13)14/h4-5,11,17H,2-3,6,15H2,1H3. The lowest BCUT2D eigenvalue weighted by atomic mass is 10.2. The van der Waals surface area contributed by atoms with Crippen LogP contribution in [-0.4, -0.2) is 44.0 Å². The van der Waals surface area contributed by atoms with Crippen LogP contribution in [0.1, 0.15) is 5.56 Å². The topological polar surface area (TPSA) is 83.6 Å². The molecular formula is C11H15F3N2O3S. The molecule has 0 saturated heterocycles. The summed E-state index contributed by atoms with van der Waals surface area (Å²) in [5.74, 6) is -0.843. The van der Waals surface area contributed by atoms with Crippen molar-refractivity contribution >= 4 is 15.7 Å². The molecule has 5 nitrogen and oxygen atoms in total. The zero-order valence-corrected chi connectivity index (χ0v) is 11.5. The van der Waals surface area contributed by atoms with E-state index in [4.69, 9.17) is 10.8 Å². The first kappa shape index (κ1) is 16.7. The highest BCUT2D eigenvalue weighted by molar-refractivity contribution is 7.89. The number of aliphatic hydroxyl groups excluding tert-OH is 1. The molecule has 1 rings (SSSR count). The van der Waals surface area contributed by atoms with Gasteiger partial charge in [-0.2, -0.15) is 4.31 Å². The molecule has 9 heteroatoms. The Hall–Kier alpha value is -1.32. The quantitative estimate of drug-likeness (QED) is 0.767. The Morgan fingerprint density at radius 3 is 2.50 bits per heavy atom. The molecule has 20 heavy (non-hydrogen) atoms. The molecule has 0 aliphatic carbocycles. The van der Waals surface area contributed by atoms with E-state index in [-0.39, 0.29) is 11.3 Å². The molecule has 0 aromatic heterocycles. The number of sulfonamides is 1. The smallest absolute Gasteiger partial charge is 0.252 e. The summed E-state index contributed by atoms with van der Waals surface area (Å²) in [4.78, 5) is -0.482. The van der Waals surface area contributed by atoms with Crippen LogP contribution >= 0.6 is 0 Å². The summed E-state index contributed by atoms with van der Waals surface area (Å²) in [6.45, 7) is -1.02. The van der Waals surface area contributed by atoms with Gasteiger partial charge in [-0.15, -0.1) is 0 Å². The van der Waals surface area contributed by atoms with Crippen molar-refractivity contribution in [1.29, 1.82) is 0 Å². The summed E-state index contributed by atoms with van der Waals surface area (Å²) in [6, 6.07) is 1.95. The van der Waals surface area contributed by atoms with Gasteiger partial charge in [0.25, 0.3) is 6.43 Å². The second kappa shape index (κ2) is 6.42. The molecule has 0 aliphatic heterocycles. The van der Waals surface area contributed by atoms with Crippen molar-refractivity contribution in [3.05, 3.63) is 23.5 Å². The van der Waals surface area contributed by atoms with Crippen LogP contribution in [0, 0.1) is 12.7 Å². The second-order valence-corrected chi connectivity index (χ2v) is 6.01. The van der Waals surface area contributed by atoms with Crippen LogP contribution in [0.15, 0.2) is 17.0 Å². The van der Waals surface area contributed by atoms with Gasteiger partial charge in [0.15, 0.2) is 0 Å². The Kier molecular flexibility index (Phi) is 5.37. The molecular weight excluding hydrogens is 297 g/mol. The molecule has 0 fully saturated rings. The lowest BCUT2D eigenvalue weighted by Gasteiger charge is -2.22. The van der Waals surface area contributed by atoms with Crippen LogP contribution in [0.4, 0.5) is 18.9 Å². The minimum absolute atomic E-state index is 0.132. The Morgan fingerprint density at radius 2 is 2.00 bits per heavy atom. The van der Waals surface area contributed by atoms with E-state index in [0.29, 0.717) is 4.31 Å². The maximum atomic E-state index is 13.5. The maximum absolute atomic E-state index is 13.5. The molecule has 1 aromatic carbocycles. The number of rotatable bonds is 6. The van der Waals surface area contributed by atoms with Crippen molar-refractivity contribution in [2.45, 2.75) is 18.2 Å². The average molecular weight is 312 g/mol. The summed E-state index contributed by atoms with van der Waals surface area (Å²) in [6.07, 6.45) is -2.91. The predicted octanol–water partition coefficient (Wildman–Crippen LogP) is 0.964. The Morgan fingerprint density at radius 1 is 1.40 bits per heavy atom. The number of aliphatic hydroxyl groups is 1. The van der Waals surface area contributed by atoms with E-state index in [2.05, 4.69) is 0 Å². The minimum Gasteiger partial charge on any atom is -0.399 e. The zero-order valence-electron chi connectivity index (χ0n) is 10.7. The fourth-order valence-corrected chi connectivity index (χ4v) is 3.33. The molecule has 1 aromatic rings. The van der Waals surface area contributed by atoms with Gasteiger partial charge in [-0.3, -0.25) is 0 Å². The van der Waals surface area contributed by atoms with Crippen molar-refractivity contribution in [1.82, 2.24) is 4.31 Å². The van der Waals surface area contributed by atoms with E-state index in [1.807, 2.05) is 0 Å². The van der Waals surface area contributed by atoms with E-state index < -0.39 is 46.9 Å². The third kappa shape index (κ3) is 3.62. The van der Waals surface area contributed by atoms with Crippen LogP contribution in [0.25, 0.3) is 0 Å². The normalized spacial score (nSPS) is 12.3. The van der Waals surface area contributed by atoms with Gasteiger partial charge in [0.05, 0.1) is 18.0 Å². The van der Waals surface area contributed by atoms with Crippen LogP contribution in [0.2, 0.25) is 0 Å². The zero-order chi connectivity index (χ0) is 15.5.